The maximum absolute atomic E-state index is 14.5. The third-order valence-electron chi connectivity index (χ3n) is 7.49. The third kappa shape index (κ3) is 9.30. The average molecular weight is 721 g/mol. The molecule has 48 heavy (non-hydrogen) atoms. The van der Waals surface area contributed by atoms with Crippen molar-refractivity contribution < 1.29 is 31.2 Å². The number of halogens is 5. The predicted molar refractivity (Wildman–Crippen MR) is 181 cm³/mol. The van der Waals surface area contributed by atoms with Crippen molar-refractivity contribution in [3.63, 3.8) is 0 Å². The molecule has 2 amide bonds. The molecule has 0 saturated carbocycles. The Kier molecular flexibility index (Phi) is 12.2. The number of hydrogen-bond acceptors (Lipinski definition) is 4. The zero-order valence-corrected chi connectivity index (χ0v) is 28.5. The van der Waals surface area contributed by atoms with Crippen LogP contribution >= 0.6 is 23.2 Å². The lowest BCUT2D eigenvalue weighted by atomic mass is 10.0. The van der Waals surface area contributed by atoms with Crippen LogP contribution in [0.25, 0.3) is 0 Å². The Labute approximate surface area is 288 Å². The van der Waals surface area contributed by atoms with E-state index in [1.165, 1.54) is 29.2 Å². The van der Waals surface area contributed by atoms with Crippen molar-refractivity contribution >= 4 is 50.7 Å². The van der Waals surface area contributed by atoms with Gasteiger partial charge in [-0.15, -0.1) is 0 Å². The quantitative estimate of drug-likeness (QED) is 0.154. The molecule has 1 atom stereocenters. The number of benzene rings is 4. The number of carbonyl (C=O) groups is 2. The highest BCUT2D eigenvalue weighted by Gasteiger charge is 2.37. The summed E-state index contributed by atoms with van der Waals surface area (Å²) < 4.78 is 70.7. The lowest BCUT2D eigenvalue weighted by Gasteiger charge is -2.34. The Morgan fingerprint density at radius 2 is 1.54 bits per heavy atom. The molecular formula is C35H34Cl2F3N3O4S. The van der Waals surface area contributed by atoms with E-state index in [1.807, 2.05) is 6.92 Å². The normalized spacial score (nSPS) is 12.3. The first-order valence-corrected chi connectivity index (χ1v) is 17.2. The summed E-state index contributed by atoms with van der Waals surface area (Å²) in [6.45, 7) is 2.86. The molecule has 4 aromatic carbocycles. The standard InChI is InChI=1S/C35H34Cl2F3N3O4S/c1-3-18-41-34(45)32(20-25-8-5-4-6-9-25)42(22-26-10-7-11-27(36)19-26)33(44)23-43(48(46,47)29-15-12-24(2)13-16-29)28-14-17-31(37)30(21-28)35(38,39)40/h4-17,19,21,32H,3,18,20,22-23H2,1-2H3,(H,41,45)/t32-/m0/s1. The molecule has 0 bridgehead atoms. The summed E-state index contributed by atoms with van der Waals surface area (Å²) >= 11 is 12.1. The number of carbonyl (C=O) groups excluding carboxylic acids is 2. The zero-order chi connectivity index (χ0) is 35.1. The van der Waals surface area contributed by atoms with Crippen LogP contribution in [0.1, 0.15) is 35.6 Å². The van der Waals surface area contributed by atoms with Crippen LogP contribution in [-0.4, -0.2) is 44.3 Å². The van der Waals surface area contributed by atoms with Crippen LogP contribution in [0, 0.1) is 6.92 Å². The zero-order valence-electron chi connectivity index (χ0n) is 26.2. The number of nitrogens with zero attached hydrogens (tertiary/aromatic N) is 2. The first-order valence-electron chi connectivity index (χ1n) is 15.0. The maximum atomic E-state index is 14.5. The van der Waals surface area contributed by atoms with E-state index in [0.717, 1.165) is 23.3 Å². The van der Waals surface area contributed by atoms with E-state index in [9.17, 15) is 31.2 Å². The molecule has 0 aliphatic carbocycles. The molecule has 0 aliphatic rings. The number of sulfonamides is 1. The van der Waals surface area contributed by atoms with Crippen molar-refractivity contribution in [3.8, 4) is 0 Å². The smallest absolute Gasteiger partial charge is 0.354 e. The molecule has 0 spiro atoms. The second kappa shape index (κ2) is 15.9. The van der Waals surface area contributed by atoms with Gasteiger partial charge in [-0.3, -0.25) is 13.9 Å². The number of hydrogen-bond donors (Lipinski definition) is 1. The molecule has 7 nitrogen and oxygen atoms in total. The third-order valence-corrected chi connectivity index (χ3v) is 9.85. The van der Waals surface area contributed by atoms with Gasteiger partial charge in [-0.1, -0.05) is 90.3 Å². The van der Waals surface area contributed by atoms with Crippen molar-refractivity contribution in [3.05, 3.63) is 129 Å². The van der Waals surface area contributed by atoms with E-state index in [-0.39, 0.29) is 17.9 Å². The Balaban J connectivity index is 1.86. The van der Waals surface area contributed by atoms with Crippen LogP contribution in [0.2, 0.25) is 10.0 Å². The summed E-state index contributed by atoms with van der Waals surface area (Å²) in [4.78, 5) is 29.2. The van der Waals surface area contributed by atoms with E-state index in [2.05, 4.69) is 5.32 Å². The number of anilines is 1. The minimum atomic E-state index is -4.91. The molecule has 0 fully saturated rings. The van der Waals surface area contributed by atoms with Crippen LogP contribution < -0.4 is 9.62 Å². The van der Waals surface area contributed by atoms with Gasteiger partial charge in [0, 0.05) is 24.5 Å². The van der Waals surface area contributed by atoms with Gasteiger partial charge in [-0.25, -0.2) is 8.42 Å². The Morgan fingerprint density at radius 3 is 2.17 bits per heavy atom. The number of aryl methyl sites for hydroxylation is 1. The first-order chi connectivity index (χ1) is 22.7. The van der Waals surface area contributed by atoms with Gasteiger partial charge >= 0.3 is 6.18 Å². The number of nitrogens with one attached hydrogen (secondary N) is 1. The summed E-state index contributed by atoms with van der Waals surface area (Å²) in [6.07, 6.45) is -4.22. The van der Waals surface area contributed by atoms with Crippen molar-refractivity contribution in [1.82, 2.24) is 10.2 Å². The summed E-state index contributed by atoms with van der Waals surface area (Å²) in [5, 5.41) is 2.57. The molecule has 0 aliphatic heterocycles. The van der Waals surface area contributed by atoms with Gasteiger partial charge in [0.1, 0.15) is 12.6 Å². The van der Waals surface area contributed by atoms with Crippen molar-refractivity contribution in [2.45, 2.75) is 50.3 Å². The van der Waals surface area contributed by atoms with Crippen LogP contribution in [-0.2, 0) is 38.8 Å². The lowest BCUT2D eigenvalue weighted by molar-refractivity contribution is -0.140. The number of amides is 2. The average Bonchev–Trinajstić information content (AvgIpc) is 3.04. The molecule has 4 rings (SSSR count). The van der Waals surface area contributed by atoms with Gasteiger partial charge in [-0.2, -0.15) is 13.2 Å². The summed E-state index contributed by atoms with van der Waals surface area (Å²) in [6, 6.07) is 22.8. The van der Waals surface area contributed by atoms with Crippen molar-refractivity contribution in [1.29, 1.82) is 0 Å². The molecule has 0 unspecified atom stereocenters. The SMILES string of the molecule is CCCNC(=O)[C@H](Cc1ccccc1)N(Cc1cccc(Cl)c1)C(=O)CN(c1ccc(Cl)c(C(F)(F)F)c1)S(=O)(=O)c1ccc(C)cc1. The van der Waals surface area contributed by atoms with E-state index in [0.29, 0.717) is 33.9 Å². The Morgan fingerprint density at radius 1 is 0.875 bits per heavy atom. The molecular weight excluding hydrogens is 686 g/mol. The van der Waals surface area contributed by atoms with Crippen molar-refractivity contribution in [2.75, 3.05) is 17.4 Å². The Bertz CT molecular complexity index is 1840. The van der Waals surface area contributed by atoms with Gasteiger partial charge < -0.3 is 10.2 Å². The number of rotatable bonds is 13. The van der Waals surface area contributed by atoms with Gasteiger partial charge in [0.15, 0.2) is 0 Å². The molecule has 0 aromatic heterocycles. The largest absolute Gasteiger partial charge is 0.417 e. The van der Waals surface area contributed by atoms with Crippen LogP contribution in [0.3, 0.4) is 0 Å². The topological polar surface area (TPSA) is 86.8 Å². The van der Waals surface area contributed by atoms with E-state index >= 15 is 0 Å². The fraction of sp³-hybridized carbons (Fsp3) is 0.257. The molecule has 13 heteroatoms. The number of alkyl halides is 3. The van der Waals surface area contributed by atoms with Crippen LogP contribution in [0.5, 0.6) is 0 Å². The minimum absolute atomic E-state index is 0.0760. The monoisotopic (exact) mass is 719 g/mol. The second-order valence-corrected chi connectivity index (χ2v) is 13.8. The van der Waals surface area contributed by atoms with E-state index in [4.69, 9.17) is 23.2 Å². The minimum Gasteiger partial charge on any atom is -0.354 e. The summed E-state index contributed by atoms with van der Waals surface area (Å²) in [5.41, 5.74) is 0.330. The highest BCUT2D eigenvalue weighted by Crippen LogP contribution is 2.38. The van der Waals surface area contributed by atoms with E-state index < -0.39 is 56.9 Å². The highest BCUT2D eigenvalue weighted by molar-refractivity contribution is 7.92. The van der Waals surface area contributed by atoms with Crippen molar-refractivity contribution in [2.24, 2.45) is 0 Å². The molecule has 1 N–H and O–H groups in total. The highest BCUT2D eigenvalue weighted by atomic mass is 35.5. The lowest BCUT2D eigenvalue weighted by Crippen LogP contribution is -2.53. The van der Waals surface area contributed by atoms with Gasteiger partial charge in [0.25, 0.3) is 10.0 Å². The molecule has 0 saturated heterocycles. The van der Waals surface area contributed by atoms with Crippen LogP contribution in [0.4, 0.5) is 18.9 Å². The fourth-order valence-electron chi connectivity index (χ4n) is 5.00. The maximum Gasteiger partial charge on any atom is 0.417 e. The van der Waals surface area contributed by atoms with Gasteiger partial charge in [0.2, 0.25) is 11.8 Å². The molecule has 0 heterocycles. The summed E-state index contributed by atoms with van der Waals surface area (Å²) in [5.74, 6) is -1.31. The van der Waals surface area contributed by atoms with Gasteiger partial charge in [0.05, 0.1) is 21.2 Å². The predicted octanol–water partition coefficient (Wildman–Crippen LogP) is 7.68. The fourth-order valence-corrected chi connectivity index (χ4v) is 6.85. The summed E-state index contributed by atoms with van der Waals surface area (Å²) in [7, 11) is -4.62. The van der Waals surface area contributed by atoms with Crippen LogP contribution in [0.15, 0.2) is 102 Å². The van der Waals surface area contributed by atoms with E-state index in [1.54, 1.807) is 61.5 Å². The van der Waals surface area contributed by atoms with Gasteiger partial charge in [-0.05, 0) is 66.9 Å². The molecule has 0 radical (unpaired) electrons. The first kappa shape index (κ1) is 36.8. The Hall–Kier alpha value is -4.06. The second-order valence-electron chi connectivity index (χ2n) is 11.1. The molecule has 254 valence electrons. The molecule has 4 aromatic rings.